The van der Waals surface area contributed by atoms with Crippen LogP contribution < -0.4 is 10.2 Å². The molecule has 24 nitrogen and oxygen atoms in total. The monoisotopic (exact) mass is 1050 g/mol. The van der Waals surface area contributed by atoms with Crippen LogP contribution in [0.4, 0.5) is 0 Å². The molecule has 0 radical (unpaired) electrons. The van der Waals surface area contributed by atoms with Gasteiger partial charge in [0, 0.05) is 29.8 Å². The zero-order valence-electron chi connectivity index (χ0n) is 39.4. The van der Waals surface area contributed by atoms with E-state index in [1.54, 1.807) is 0 Å². The predicted molar refractivity (Wildman–Crippen MR) is 253 cm³/mol. The molecule has 5 aromatic rings. The lowest BCUT2D eigenvalue weighted by Crippen LogP contribution is -2.66. The fourth-order valence-corrected chi connectivity index (χ4v) is 8.37. The maximum atomic E-state index is 14.6. The Balaban J connectivity index is 1.19. The molecule has 0 amide bonds. The van der Waals surface area contributed by atoms with E-state index in [4.69, 9.17) is 42.3 Å². The summed E-state index contributed by atoms with van der Waals surface area (Å²) in [5.74, 6) is -6.34. The molecule has 24 heteroatoms. The van der Waals surface area contributed by atoms with Gasteiger partial charge in [0.1, 0.15) is 76.7 Å². The Kier molecular flexibility index (Phi) is 16.3. The highest BCUT2D eigenvalue weighted by atomic mass is 16.8. The van der Waals surface area contributed by atoms with E-state index in [9.17, 15) is 75.7 Å². The second kappa shape index (κ2) is 22.6. The molecule has 4 heterocycles. The van der Waals surface area contributed by atoms with E-state index in [-0.39, 0.29) is 17.1 Å². The fraction of sp³-hybridized carbons (Fsp3) is 0.353. The zero-order valence-corrected chi connectivity index (χ0v) is 39.4. The van der Waals surface area contributed by atoms with Crippen LogP contribution in [0.2, 0.25) is 0 Å². The second-order valence-corrected chi connectivity index (χ2v) is 17.7. The van der Waals surface area contributed by atoms with Crippen LogP contribution in [0.1, 0.15) is 25.0 Å². The molecule has 1 aromatic heterocycles. The summed E-state index contributed by atoms with van der Waals surface area (Å²) in [4.78, 5) is 41.4. The van der Waals surface area contributed by atoms with E-state index < -0.39 is 162 Å². The van der Waals surface area contributed by atoms with Crippen molar-refractivity contribution in [2.24, 2.45) is 0 Å². The van der Waals surface area contributed by atoms with Gasteiger partial charge >= 0.3 is 11.9 Å². The van der Waals surface area contributed by atoms with Crippen molar-refractivity contribution in [2.45, 2.75) is 106 Å². The van der Waals surface area contributed by atoms with Gasteiger partial charge in [-0.25, -0.2) is 9.59 Å². The first kappa shape index (κ1) is 53.9. The number of carbonyl (C=O) groups excluding carboxylic acids is 2. The van der Waals surface area contributed by atoms with E-state index in [0.717, 1.165) is 36.4 Å². The summed E-state index contributed by atoms with van der Waals surface area (Å²) in [7, 11) is 0. The number of esters is 2. The van der Waals surface area contributed by atoms with Crippen molar-refractivity contribution in [3.63, 3.8) is 0 Å². The number of phenols is 6. The van der Waals surface area contributed by atoms with Gasteiger partial charge in [-0.2, -0.15) is 0 Å². The maximum absolute atomic E-state index is 14.6. The molecule has 12 N–H and O–H groups in total. The van der Waals surface area contributed by atoms with Crippen LogP contribution in [-0.2, 0) is 42.7 Å². The summed E-state index contributed by atoms with van der Waals surface area (Å²) in [6, 6.07) is 16.3. The number of benzene rings is 4. The quantitative estimate of drug-likeness (QED) is 0.0421. The Hall–Kier alpha value is -7.33. The number of fused-ring (bicyclic) bond motifs is 1. The number of carbonyl (C=O) groups is 2. The molecule has 0 aliphatic carbocycles. The van der Waals surface area contributed by atoms with Crippen molar-refractivity contribution >= 4 is 35.1 Å². The van der Waals surface area contributed by atoms with Crippen LogP contribution in [-0.4, -0.2) is 172 Å². The molecule has 400 valence electrons. The average molecular weight is 1050 g/mol. The van der Waals surface area contributed by atoms with Crippen LogP contribution in [0.15, 0.2) is 100 Å². The summed E-state index contributed by atoms with van der Waals surface area (Å²) in [5.41, 5.74) is -0.869. The Morgan fingerprint density at radius 1 is 0.560 bits per heavy atom. The first-order valence-corrected chi connectivity index (χ1v) is 23.1. The number of ether oxygens (including phenoxy) is 8. The lowest BCUT2D eigenvalue weighted by Gasteiger charge is -2.47. The average Bonchev–Trinajstić information content (AvgIpc) is 3.37. The standard InChI is InChI=1S/C51H52O24/c1-21-37(60)40(63)42(65)49(68-21)67-20-33-38(61)46(73-35(59)16-8-24-5-12-27(53)13-6-24)48(75-50-43(66)41(64)44(22(2)69-50)72-34(58)15-7-23-3-10-26(52)11-4-23)51(71-33)74-47-39(62)36-31(57)18-28(54)19-32(36)70-45(47)25-9-14-29(55)30(56)17-25/h3-19,21-22,33,37-38,40-44,46,48-57,60-61,63-66H,20H2,1-2H3/b15-7+,16-8+/t21-,22-,33-,37-,38+,40+,41-,42+,43+,44-,46+,48-,49+,50-,51+/m1/s1. The number of phenolic OH excluding ortho intramolecular Hbond substituents is 6. The van der Waals surface area contributed by atoms with E-state index in [2.05, 4.69) is 0 Å². The van der Waals surface area contributed by atoms with Gasteiger partial charge in [-0.3, -0.25) is 4.79 Å². The smallest absolute Gasteiger partial charge is 0.331 e. The summed E-state index contributed by atoms with van der Waals surface area (Å²) in [6.07, 6.45) is -22.6. The topological polar surface area (TPSA) is 381 Å². The molecule has 4 aromatic carbocycles. The number of aliphatic hydroxyl groups excluding tert-OH is 6. The molecule has 0 saturated carbocycles. The van der Waals surface area contributed by atoms with Crippen molar-refractivity contribution in [3.05, 3.63) is 112 Å². The zero-order chi connectivity index (χ0) is 54.0. The second-order valence-electron chi connectivity index (χ2n) is 17.7. The van der Waals surface area contributed by atoms with Gasteiger partial charge in [0.25, 0.3) is 0 Å². The summed E-state index contributed by atoms with van der Waals surface area (Å²) < 4.78 is 53.3. The minimum absolute atomic E-state index is 0.0183. The van der Waals surface area contributed by atoms with Gasteiger partial charge in [-0.1, -0.05) is 24.3 Å². The molecule has 0 spiro atoms. The highest BCUT2D eigenvalue weighted by Gasteiger charge is 2.55. The summed E-state index contributed by atoms with van der Waals surface area (Å²) in [6.45, 7) is 1.89. The molecular weight excluding hydrogens is 997 g/mol. The third-order valence-electron chi connectivity index (χ3n) is 12.4. The molecule has 75 heavy (non-hydrogen) atoms. The van der Waals surface area contributed by atoms with Crippen molar-refractivity contribution in [1.82, 2.24) is 0 Å². The maximum Gasteiger partial charge on any atom is 0.331 e. The minimum atomic E-state index is -2.20. The first-order chi connectivity index (χ1) is 35.7. The predicted octanol–water partition coefficient (Wildman–Crippen LogP) is 1.10. The molecule has 8 rings (SSSR count). The highest BCUT2D eigenvalue weighted by molar-refractivity contribution is 5.89. The Morgan fingerprint density at radius 3 is 1.76 bits per heavy atom. The number of aromatic hydroxyl groups is 6. The van der Waals surface area contributed by atoms with Gasteiger partial charge in [-0.15, -0.1) is 0 Å². The SMILES string of the molecule is C[C@H]1O[C@H](OC[C@H]2O[C@@H](Oc3c(-c4ccc(O)c(O)c4)oc4cc(O)cc(O)c4c3=O)[C@H](O[C@H]3O[C@H](C)[C@@H](OC(=O)/C=C/c4ccc(O)cc4)[C@H](O)[C@@H]3O)[C@@H](OC(=O)/C=C/c3ccc(O)cc3)[C@H]2O)[C@@H](O)[C@@H](O)[C@@H]1O. The molecular formula is C51H52O24. The van der Waals surface area contributed by atoms with Crippen LogP contribution in [0, 0.1) is 0 Å². The minimum Gasteiger partial charge on any atom is -0.508 e. The third kappa shape index (κ3) is 12.0. The largest absolute Gasteiger partial charge is 0.508 e. The van der Waals surface area contributed by atoms with Crippen LogP contribution in [0.5, 0.6) is 40.2 Å². The van der Waals surface area contributed by atoms with E-state index in [1.165, 1.54) is 80.6 Å². The highest BCUT2D eigenvalue weighted by Crippen LogP contribution is 2.41. The van der Waals surface area contributed by atoms with Crippen molar-refractivity contribution in [3.8, 4) is 51.6 Å². The molecule has 3 aliphatic rings. The van der Waals surface area contributed by atoms with Crippen molar-refractivity contribution in [2.75, 3.05) is 6.61 Å². The van der Waals surface area contributed by atoms with Gasteiger partial charge in [-0.05, 0) is 79.6 Å². The van der Waals surface area contributed by atoms with Crippen molar-refractivity contribution < 1.29 is 113 Å². The Bertz CT molecular complexity index is 2960. The van der Waals surface area contributed by atoms with Crippen LogP contribution in [0.3, 0.4) is 0 Å². The van der Waals surface area contributed by atoms with Gasteiger partial charge in [0.05, 0.1) is 18.8 Å². The van der Waals surface area contributed by atoms with E-state index in [1.807, 2.05) is 0 Å². The number of rotatable bonds is 14. The first-order valence-electron chi connectivity index (χ1n) is 23.1. The van der Waals surface area contributed by atoms with Crippen molar-refractivity contribution in [1.29, 1.82) is 0 Å². The molecule has 3 fully saturated rings. The van der Waals surface area contributed by atoms with Gasteiger partial charge in [0.15, 0.2) is 48.2 Å². The lowest BCUT2D eigenvalue weighted by molar-refractivity contribution is -0.360. The fourth-order valence-electron chi connectivity index (χ4n) is 8.37. The molecule has 15 atom stereocenters. The normalized spacial score (nSPS) is 30.1. The summed E-state index contributed by atoms with van der Waals surface area (Å²) in [5, 5.41) is 128. The Morgan fingerprint density at radius 2 is 1.15 bits per heavy atom. The number of hydrogen-bond acceptors (Lipinski definition) is 24. The van der Waals surface area contributed by atoms with Gasteiger partial charge < -0.3 is 104 Å². The summed E-state index contributed by atoms with van der Waals surface area (Å²) >= 11 is 0. The molecule has 0 unspecified atom stereocenters. The number of aliphatic hydroxyl groups is 6. The van der Waals surface area contributed by atoms with E-state index >= 15 is 0 Å². The molecule has 0 bridgehead atoms. The number of hydrogen-bond donors (Lipinski definition) is 12. The van der Waals surface area contributed by atoms with E-state index in [0.29, 0.717) is 11.1 Å². The third-order valence-corrected chi connectivity index (χ3v) is 12.4. The van der Waals surface area contributed by atoms with Gasteiger partial charge in [0.2, 0.25) is 17.5 Å². The van der Waals surface area contributed by atoms with Crippen LogP contribution >= 0.6 is 0 Å². The van der Waals surface area contributed by atoms with Crippen LogP contribution in [0.25, 0.3) is 34.4 Å². The Labute approximate surface area is 423 Å². The molecule has 3 aliphatic heterocycles. The molecule has 3 saturated heterocycles. The lowest BCUT2D eigenvalue weighted by atomic mass is 9.96.